The second-order valence-electron chi connectivity index (χ2n) is 8.94. The van der Waals surface area contributed by atoms with E-state index in [2.05, 4.69) is 27.9 Å². The number of amides is 3. The van der Waals surface area contributed by atoms with E-state index in [0.29, 0.717) is 42.0 Å². The second-order valence-corrected chi connectivity index (χ2v) is 11.1. The number of halogens is 4. The second kappa shape index (κ2) is 13.0. The number of hydrogen-bond acceptors (Lipinski definition) is 6. The number of nitrogens with zero attached hydrogens (tertiary/aromatic N) is 1. The highest BCUT2D eigenvalue weighted by Crippen LogP contribution is 2.38. The maximum absolute atomic E-state index is 13.0. The summed E-state index contributed by atoms with van der Waals surface area (Å²) >= 11 is 2.77. The molecule has 0 bridgehead atoms. The van der Waals surface area contributed by atoms with Gasteiger partial charge in [-0.1, -0.05) is 35.9 Å². The predicted molar refractivity (Wildman–Crippen MR) is 159 cm³/mol. The van der Waals surface area contributed by atoms with Crippen LogP contribution in [0.15, 0.2) is 65.6 Å². The van der Waals surface area contributed by atoms with Gasteiger partial charge in [-0.2, -0.15) is 13.2 Å². The van der Waals surface area contributed by atoms with Crippen molar-refractivity contribution in [3.05, 3.63) is 91.4 Å². The number of anilines is 1. The first-order chi connectivity index (χ1) is 19.4. The minimum atomic E-state index is -4.58. The standard InChI is InChI=1S/C29H24F3IN2O5S/c1-3-39-23-12-19(11-22(33)26(23)40-16-18-7-4-6-17(2)10-18)13-24-27(37)35(28(38)41-24)15-25(36)34-21-9-5-8-20(14-21)29(30,31)32/h4-14H,3,15-16H2,1-2H3,(H,34,36)/b24-13-. The Morgan fingerprint density at radius 2 is 1.83 bits per heavy atom. The quantitative estimate of drug-likeness (QED) is 0.187. The molecule has 0 saturated carbocycles. The lowest BCUT2D eigenvalue weighted by Gasteiger charge is -2.15. The number of nitrogens with one attached hydrogen (secondary N) is 1. The van der Waals surface area contributed by atoms with Crippen LogP contribution in [0.1, 0.15) is 29.2 Å². The summed E-state index contributed by atoms with van der Waals surface area (Å²) in [6, 6.07) is 15.5. The molecule has 4 rings (SSSR count). The van der Waals surface area contributed by atoms with Crippen LogP contribution in [-0.2, 0) is 22.4 Å². The van der Waals surface area contributed by atoms with Crippen molar-refractivity contribution < 1.29 is 37.0 Å². The topological polar surface area (TPSA) is 84.9 Å². The maximum Gasteiger partial charge on any atom is 0.416 e. The number of aryl methyl sites for hydroxylation is 1. The highest BCUT2D eigenvalue weighted by Gasteiger charge is 2.36. The molecule has 3 aromatic carbocycles. The van der Waals surface area contributed by atoms with Crippen LogP contribution >= 0.6 is 34.4 Å². The summed E-state index contributed by atoms with van der Waals surface area (Å²) in [5.41, 5.74) is 1.66. The molecule has 1 heterocycles. The average Bonchev–Trinajstić information content (AvgIpc) is 3.15. The molecule has 12 heteroatoms. The van der Waals surface area contributed by atoms with Crippen LogP contribution in [0.5, 0.6) is 11.5 Å². The first-order valence-corrected chi connectivity index (χ1v) is 14.2. The van der Waals surface area contributed by atoms with Gasteiger partial charge in [0.1, 0.15) is 13.2 Å². The zero-order valence-corrected chi connectivity index (χ0v) is 24.9. The first kappa shape index (κ1) is 30.4. The lowest BCUT2D eigenvalue weighted by atomic mass is 10.1. The molecule has 0 radical (unpaired) electrons. The summed E-state index contributed by atoms with van der Waals surface area (Å²) in [6.07, 6.45) is -3.06. The monoisotopic (exact) mass is 696 g/mol. The van der Waals surface area contributed by atoms with E-state index in [9.17, 15) is 27.6 Å². The largest absolute Gasteiger partial charge is 0.490 e. The molecule has 1 saturated heterocycles. The van der Waals surface area contributed by atoms with Crippen molar-refractivity contribution in [3.63, 3.8) is 0 Å². The Hall–Kier alpha value is -3.52. The molecule has 7 nitrogen and oxygen atoms in total. The van der Waals surface area contributed by atoms with Gasteiger partial charge in [-0.05, 0) is 95.7 Å². The van der Waals surface area contributed by atoms with Crippen molar-refractivity contribution in [3.8, 4) is 11.5 Å². The van der Waals surface area contributed by atoms with Crippen molar-refractivity contribution in [1.29, 1.82) is 0 Å². The maximum atomic E-state index is 13.0. The fraction of sp³-hybridized carbons (Fsp3) is 0.207. The Morgan fingerprint density at radius 1 is 1.07 bits per heavy atom. The number of thioether (sulfide) groups is 1. The van der Waals surface area contributed by atoms with Crippen LogP contribution in [0.2, 0.25) is 0 Å². The van der Waals surface area contributed by atoms with Gasteiger partial charge in [-0.3, -0.25) is 19.3 Å². The molecule has 0 aliphatic carbocycles. The Labute approximate surface area is 252 Å². The fourth-order valence-corrected chi connectivity index (χ4v) is 5.56. The van der Waals surface area contributed by atoms with Crippen LogP contribution in [-0.4, -0.2) is 35.1 Å². The lowest BCUT2D eigenvalue weighted by molar-refractivity contribution is -0.137. The zero-order chi connectivity index (χ0) is 29.7. The lowest BCUT2D eigenvalue weighted by Crippen LogP contribution is -2.36. The Balaban J connectivity index is 1.48. The van der Waals surface area contributed by atoms with Crippen molar-refractivity contribution in [2.24, 2.45) is 0 Å². The number of carbonyl (C=O) groups is 3. The molecule has 1 aliphatic heterocycles. The van der Waals surface area contributed by atoms with Gasteiger partial charge in [-0.25, -0.2) is 0 Å². The molecule has 1 N–H and O–H groups in total. The van der Waals surface area contributed by atoms with E-state index in [1.54, 1.807) is 12.1 Å². The third-order valence-electron chi connectivity index (χ3n) is 5.74. The van der Waals surface area contributed by atoms with Gasteiger partial charge >= 0.3 is 6.18 Å². The third-order valence-corrected chi connectivity index (χ3v) is 7.45. The summed E-state index contributed by atoms with van der Waals surface area (Å²) < 4.78 is 51.5. The molecule has 3 amide bonds. The van der Waals surface area contributed by atoms with E-state index < -0.39 is 35.3 Å². The van der Waals surface area contributed by atoms with Crippen molar-refractivity contribution in [2.75, 3.05) is 18.5 Å². The highest BCUT2D eigenvalue weighted by atomic mass is 127. The summed E-state index contributed by atoms with van der Waals surface area (Å²) in [5.74, 6) is -0.480. The molecule has 41 heavy (non-hydrogen) atoms. The van der Waals surface area contributed by atoms with E-state index in [1.165, 1.54) is 12.1 Å². The molecule has 0 aromatic heterocycles. The average molecular weight is 696 g/mol. The number of benzene rings is 3. The Morgan fingerprint density at radius 3 is 2.54 bits per heavy atom. The first-order valence-electron chi connectivity index (χ1n) is 12.3. The van der Waals surface area contributed by atoms with E-state index in [0.717, 1.165) is 37.8 Å². The van der Waals surface area contributed by atoms with Gasteiger partial charge in [0.05, 0.1) is 20.6 Å². The van der Waals surface area contributed by atoms with Gasteiger partial charge in [-0.15, -0.1) is 0 Å². The minimum absolute atomic E-state index is 0.0912. The molecule has 0 atom stereocenters. The smallest absolute Gasteiger partial charge is 0.416 e. The zero-order valence-electron chi connectivity index (χ0n) is 21.9. The summed E-state index contributed by atoms with van der Waals surface area (Å²) in [7, 11) is 0. The van der Waals surface area contributed by atoms with Crippen LogP contribution in [0.25, 0.3) is 6.08 Å². The van der Waals surface area contributed by atoms with E-state index >= 15 is 0 Å². The summed E-state index contributed by atoms with van der Waals surface area (Å²) in [4.78, 5) is 38.8. The predicted octanol–water partition coefficient (Wildman–Crippen LogP) is 7.27. The van der Waals surface area contributed by atoms with Crippen LogP contribution in [0.4, 0.5) is 23.7 Å². The van der Waals surface area contributed by atoms with Gasteiger partial charge in [0.15, 0.2) is 11.5 Å². The van der Waals surface area contributed by atoms with E-state index in [1.807, 2.05) is 38.1 Å². The molecule has 214 valence electrons. The molecule has 3 aromatic rings. The SMILES string of the molecule is CCOc1cc(/C=C2\SC(=O)N(CC(=O)Nc3cccc(C(F)(F)F)c3)C2=O)cc(I)c1OCc1cccc(C)c1. The summed E-state index contributed by atoms with van der Waals surface area (Å²) in [5, 5.41) is 1.64. The van der Waals surface area contributed by atoms with Gasteiger partial charge in [0.25, 0.3) is 11.1 Å². The van der Waals surface area contributed by atoms with Crippen LogP contribution < -0.4 is 14.8 Å². The van der Waals surface area contributed by atoms with Gasteiger partial charge in [0.2, 0.25) is 5.91 Å². The van der Waals surface area contributed by atoms with Crippen molar-refractivity contribution in [1.82, 2.24) is 4.90 Å². The molecular weight excluding hydrogens is 672 g/mol. The normalized spacial score (nSPS) is 14.5. The molecule has 1 fully saturated rings. The molecule has 0 spiro atoms. The van der Waals surface area contributed by atoms with E-state index in [-0.39, 0.29) is 10.6 Å². The van der Waals surface area contributed by atoms with Crippen molar-refractivity contribution in [2.45, 2.75) is 26.6 Å². The number of rotatable bonds is 9. The number of carbonyl (C=O) groups excluding carboxylic acids is 3. The van der Waals surface area contributed by atoms with E-state index in [4.69, 9.17) is 9.47 Å². The number of ether oxygens (including phenoxy) is 2. The Kier molecular flexibility index (Phi) is 9.64. The third kappa shape index (κ3) is 7.82. The molecular formula is C29H24F3IN2O5S. The van der Waals surface area contributed by atoms with Crippen molar-refractivity contribution >= 4 is 63.2 Å². The van der Waals surface area contributed by atoms with Gasteiger partial charge < -0.3 is 14.8 Å². The van der Waals surface area contributed by atoms with Gasteiger partial charge in [0, 0.05) is 5.69 Å². The number of alkyl halides is 3. The minimum Gasteiger partial charge on any atom is -0.490 e. The summed E-state index contributed by atoms with van der Waals surface area (Å²) in [6.45, 7) is 3.89. The Bertz CT molecular complexity index is 1530. The number of imide groups is 1. The molecule has 0 unspecified atom stereocenters. The fourth-order valence-electron chi connectivity index (χ4n) is 3.94. The van der Waals surface area contributed by atoms with Crippen LogP contribution in [0.3, 0.4) is 0 Å². The highest BCUT2D eigenvalue weighted by molar-refractivity contribution is 14.1. The molecule has 1 aliphatic rings. The number of hydrogen-bond donors (Lipinski definition) is 1. The van der Waals surface area contributed by atoms with Crippen LogP contribution in [0, 0.1) is 10.5 Å².